The number of benzene rings is 1. The van der Waals surface area contributed by atoms with E-state index in [0.29, 0.717) is 18.8 Å². The predicted octanol–water partition coefficient (Wildman–Crippen LogP) is 1.65. The Kier molecular flexibility index (Phi) is 3.75. The third kappa shape index (κ3) is 2.87. The van der Waals surface area contributed by atoms with Gasteiger partial charge in [-0.25, -0.2) is 4.39 Å². The number of hydrogen-bond acceptors (Lipinski definition) is 3. The first-order valence-corrected chi connectivity index (χ1v) is 6.30. The van der Waals surface area contributed by atoms with Crippen LogP contribution in [-0.2, 0) is 0 Å². The zero-order chi connectivity index (χ0) is 14.0. The zero-order valence-corrected chi connectivity index (χ0v) is 11.3. The molecule has 1 aromatic rings. The molecular weight excluding hydrogens is 247 g/mol. The van der Waals surface area contributed by atoms with E-state index in [0.717, 1.165) is 12.8 Å². The Bertz CT molecular complexity index is 486. The van der Waals surface area contributed by atoms with Crippen molar-refractivity contribution < 1.29 is 13.9 Å². The van der Waals surface area contributed by atoms with Gasteiger partial charge in [-0.3, -0.25) is 4.79 Å². The smallest absolute Gasteiger partial charge is 0.257 e. The van der Waals surface area contributed by atoms with Crippen LogP contribution in [0.5, 0.6) is 5.75 Å². The number of hydrogen-bond donors (Lipinski definition) is 1. The Hall–Kier alpha value is -1.62. The lowest BCUT2D eigenvalue weighted by Crippen LogP contribution is -2.36. The largest absolute Gasteiger partial charge is 0.496 e. The van der Waals surface area contributed by atoms with Gasteiger partial charge in [-0.15, -0.1) is 0 Å². The normalized spacial score (nSPS) is 16.0. The third-order valence-corrected chi connectivity index (χ3v) is 3.70. The monoisotopic (exact) mass is 266 g/mol. The number of amides is 1. The Labute approximate surface area is 112 Å². The van der Waals surface area contributed by atoms with Crippen LogP contribution in [0.3, 0.4) is 0 Å². The summed E-state index contributed by atoms with van der Waals surface area (Å²) in [6.07, 6.45) is 2.09. The fourth-order valence-corrected chi connectivity index (χ4v) is 2.23. The number of halogens is 1. The molecule has 1 aliphatic carbocycles. The maximum Gasteiger partial charge on any atom is 0.257 e. The zero-order valence-electron chi connectivity index (χ0n) is 11.3. The van der Waals surface area contributed by atoms with Gasteiger partial charge in [0.05, 0.1) is 12.7 Å². The number of nitrogens with zero attached hydrogens (tertiary/aromatic N) is 1. The summed E-state index contributed by atoms with van der Waals surface area (Å²) >= 11 is 0. The molecule has 0 saturated heterocycles. The average Bonchev–Trinajstić information content (AvgIpc) is 3.18. The van der Waals surface area contributed by atoms with Crippen LogP contribution in [-0.4, -0.2) is 38.1 Å². The summed E-state index contributed by atoms with van der Waals surface area (Å²) in [7, 11) is 3.18. The molecule has 104 valence electrons. The van der Waals surface area contributed by atoms with Gasteiger partial charge >= 0.3 is 0 Å². The van der Waals surface area contributed by atoms with Crippen molar-refractivity contribution in [3.8, 4) is 5.75 Å². The van der Waals surface area contributed by atoms with Crippen LogP contribution in [0.15, 0.2) is 18.2 Å². The maximum absolute atomic E-state index is 13.3. The van der Waals surface area contributed by atoms with Gasteiger partial charge in [-0.05, 0) is 37.6 Å². The van der Waals surface area contributed by atoms with E-state index >= 15 is 0 Å². The Balaban J connectivity index is 2.16. The van der Waals surface area contributed by atoms with Gasteiger partial charge < -0.3 is 15.4 Å². The molecule has 0 atom stereocenters. The van der Waals surface area contributed by atoms with Gasteiger partial charge in [0.1, 0.15) is 11.6 Å². The number of rotatable bonds is 5. The fourth-order valence-electron chi connectivity index (χ4n) is 2.23. The minimum Gasteiger partial charge on any atom is -0.496 e. The predicted molar refractivity (Wildman–Crippen MR) is 70.6 cm³/mol. The Morgan fingerprint density at radius 2 is 2.21 bits per heavy atom. The molecule has 2 rings (SSSR count). The van der Waals surface area contributed by atoms with Gasteiger partial charge in [0.15, 0.2) is 0 Å². The topological polar surface area (TPSA) is 55.6 Å². The lowest BCUT2D eigenvalue weighted by Gasteiger charge is -2.23. The highest BCUT2D eigenvalue weighted by Gasteiger charge is 2.42. The molecule has 0 bridgehead atoms. The minimum atomic E-state index is -0.447. The molecule has 1 aliphatic rings. The van der Waals surface area contributed by atoms with Crippen LogP contribution in [0.2, 0.25) is 0 Å². The van der Waals surface area contributed by atoms with Crippen molar-refractivity contribution in [3.63, 3.8) is 0 Å². The summed E-state index contributed by atoms with van der Waals surface area (Å²) in [4.78, 5) is 13.9. The minimum absolute atomic E-state index is 0.0605. The molecule has 5 heteroatoms. The van der Waals surface area contributed by atoms with Crippen LogP contribution in [0.1, 0.15) is 23.2 Å². The van der Waals surface area contributed by atoms with Crippen molar-refractivity contribution in [1.82, 2.24) is 4.90 Å². The molecule has 1 amide bonds. The number of methoxy groups -OCH3 is 1. The Morgan fingerprint density at radius 3 is 2.74 bits per heavy atom. The molecule has 0 radical (unpaired) electrons. The number of nitrogens with two attached hydrogens (primary N) is 1. The second kappa shape index (κ2) is 5.17. The maximum atomic E-state index is 13.3. The number of ether oxygens (including phenoxy) is 1. The molecule has 0 aromatic heterocycles. The van der Waals surface area contributed by atoms with Crippen molar-refractivity contribution in [2.24, 2.45) is 11.1 Å². The lowest BCUT2D eigenvalue weighted by atomic mass is 10.1. The van der Waals surface area contributed by atoms with Crippen molar-refractivity contribution in [3.05, 3.63) is 29.6 Å². The van der Waals surface area contributed by atoms with E-state index in [-0.39, 0.29) is 16.9 Å². The summed E-state index contributed by atoms with van der Waals surface area (Å²) < 4.78 is 18.4. The summed E-state index contributed by atoms with van der Waals surface area (Å²) in [6, 6.07) is 3.95. The van der Waals surface area contributed by atoms with Crippen molar-refractivity contribution in [2.75, 3.05) is 27.2 Å². The summed E-state index contributed by atoms with van der Waals surface area (Å²) in [5.74, 6) is -0.301. The van der Waals surface area contributed by atoms with Gasteiger partial charge in [-0.2, -0.15) is 0 Å². The van der Waals surface area contributed by atoms with E-state index in [1.165, 1.54) is 25.3 Å². The molecule has 1 aromatic carbocycles. The van der Waals surface area contributed by atoms with Crippen molar-refractivity contribution >= 4 is 5.91 Å². The molecule has 0 unspecified atom stereocenters. The molecular formula is C14H19FN2O2. The van der Waals surface area contributed by atoms with Crippen LogP contribution in [0.25, 0.3) is 0 Å². The van der Waals surface area contributed by atoms with Crippen molar-refractivity contribution in [2.45, 2.75) is 12.8 Å². The van der Waals surface area contributed by atoms with Crippen LogP contribution >= 0.6 is 0 Å². The molecule has 19 heavy (non-hydrogen) atoms. The van der Waals surface area contributed by atoms with Crippen molar-refractivity contribution in [1.29, 1.82) is 0 Å². The third-order valence-electron chi connectivity index (χ3n) is 3.70. The molecule has 0 aliphatic heterocycles. The Morgan fingerprint density at radius 1 is 1.53 bits per heavy atom. The standard InChI is InChI=1S/C14H19FN2O2/c1-17(9-14(8-16)5-6-14)13(18)11-7-10(15)3-4-12(11)19-2/h3-4,7H,5-6,8-9,16H2,1-2H3. The van der Waals surface area contributed by atoms with Crippen LogP contribution in [0.4, 0.5) is 4.39 Å². The molecule has 0 spiro atoms. The van der Waals surface area contributed by atoms with E-state index in [2.05, 4.69) is 0 Å². The summed E-state index contributed by atoms with van der Waals surface area (Å²) in [5.41, 5.74) is 6.02. The number of carbonyl (C=O) groups excluding carboxylic acids is 1. The van der Waals surface area contributed by atoms with E-state index in [9.17, 15) is 9.18 Å². The second-order valence-corrected chi connectivity index (χ2v) is 5.21. The van der Waals surface area contributed by atoms with Gasteiger partial charge in [-0.1, -0.05) is 0 Å². The summed E-state index contributed by atoms with van der Waals surface area (Å²) in [5, 5.41) is 0. The summed E-state index contributed by atoms with van der Waals surface area (Å²) in [6.45, 7) is 1.17. The van der Waals surface area contributed by atoms with E-state index < -0.39 is 5.82 Å². The molecule has 0 heterocycles. The molecule has 1 fully saturated rings. The van der Waals surface area contributed by atoms with Crippen LogP contribution < -0.4 is 10.5 Å². The quantitative estimate of drug-likeness (QED) is 0.881. The highest BCUT2D eigenvalue weighted by atomic mass is 19.1. The first-order chi connectivity index (χ1) is 9.01. The van der Waals surface area contributed by atoms with Crippen LogP contribution in [0, 0.1) is 11.2 Å². The SMILES string of the molecule is COc1ccc(F)cc1C(=O)N(C)CC1(CN)CC1. The fraction of sp³-hybridized carbons (Fsp3) is 0.500. The highest BCUT2D eigenvalue weighted by Crippen LogP contribution is 2.45. The van der Waals surface area contributed by atoms with E-state index in [1.807, 2.05) is 0 Å². The van der Waals surface area contributed by atoms with Gasteiger partial charge in [0.25, 0.3) is 5.91 Å². The molecule has 4 nitrogen and oxygen atoms in total. The van der Waals surface area contributed by atoms with E-state index in [1.54, 1.807) is 11.9 Å². The lowest BCUT2D eigenvalue weighted by molar-refractivity contribution is 0.0762. The van der Waals surface area contributed by atoms with E-state index in [4.69, 9.17) is 10.5 Å². The first kappa shape index (κ1) is 13.8. The highest BCUT2D eigenvalue weighted by molar-refractivity contribution is 5.96. The molecule has 2 N–H and O–H groups in total. The first-order valence-electron chi connectivity index (χ1n) is 6.30. The number of carbonyl (C=O) groups is 1. The second-order valence-electron chi connectivity index (χ2n) is 5.21. The van der Waals surface area contributed by atoms with Gasteiger partial charge in [0, 0.05) is 19.0 Å². The van der Waals surface area contributed by atoms with Gasteiger partial charge in [0.2, 0.25) is 0 Å². The average molecular weight is 266 g/mol. The molecule has 1 saturated carbocycles.